The molecule has 0 bridgehead atoms. The maximum absolute atomic E-state index is 10.7. The molecule has 0 saturated heterocycles. The fourth-order valence-electron chi connectivity index (χ4n) is 1.30. The van der Waals surface area contributed by atoms with Crippen molar-refractivity contribution in [2.75, 3.05) is 21.1 Å². The number of carboxylic acids is 3. The summed E-state index contributed by atoms with van der Waals surface area (Å²) in [6.07, 6.45) is 1.66. The van der Waals surface area contributed by atoms with Gasteiger partial charge in [-0.1, -0.05) is 13.8 Å². The van der Waals surface area contributed by atoms with E-state index in [1.54, 1.807) is 6.92 Å². The summed E-state index contributed by atoms with van der Waals surface area (Å²) >= 11 is 0. The third kappa shape index (κ3) is 22.5. The molecule has 0 aromatic carbocycles. The van der Waals surface area contributed by atoms with Gasteiger partial charge in [0, 0.05) is 45.6 Å². The van der Waals surface area contributed by atoms with E-state index in [4.69, 9.17) is 15.3 Å². The molecule has 3 amide bonds. The molecule has 2 atom stereocenters. The molecule has 0 radical (unpaired) electrons. The normalized spacial score (nSPS) is 11.3. The maximum Gasteiger partial charge on any atom is 0.328 e. The van der Waals surface area contributed by atoms with E-state index >= 15 is 0 Å². The molecule has 0 aliphatic carbocycles. The van der Waals surface area contributed by atoms with Crippen molar-refractivity contribution in [3.8, 4) is 0 Å². The zero-order valence-electron chi connectivity index (χ0n) is 17.0. The van der Waals surface area contributed by atoms with Crippen molar-refractivity contribution in [2.45, 2.75) is 26.7 Å². The lowest BCUT2D eigenvalue weighted by atomic mass is 10.1. The van der Waals surface area contributed by atoms with Crippen LogP contribution in [-0.2, 0) is 28.8 Å². The Morgan fingerprint density at radius 2 is 1.28 bits per heavy atom. The van der Waals surface area contributed by atoms with Crippen molar-refractivity contribution in [3.05, 3.63) is 12.2 Å². The van der Waals surface area contributed by atoms with Gasteiger partial charge < -0.3 is 31.3 Å². The molecule has 12 heteroatoms. The number of carboxylic acid groups (broad SMARTS) is 3. The molecule has 29 heavy (non-hydrogen) atoms. The second-order valence-electron chi connectivity index (χ2n) is 5.52. The average molecular weight is 419 g/mol. The molecule has 12 nitrogen and oxygen atoms in total. The van der Waals surface area contributed by atoms with E-state index in [0.717, 1.165) is 12.2 Å². The predicted octanol–water partition coefficient (Wildman–Crippen LogP) is -0.940. The number of hydrogen-bond acceptors (Lipinski definition) is 6. The van der Waals surface area contributed by atoms with Gasteiger partial charge in [-0.3, -0.25) is 24.0 Å². The van der Waals surface area contributed by atoms with Gasteiger partial charge in [0.2, 0.25) is 17.7 Å². The van der Waals surface area contributed by atoms with Crippen molar-refractivity contribution < 1.29 is 44.1 Å². The Labute approximate surface area is 168 Å². The van der Waals surface area contributed by atoms with Gasteiger partial charge in [-0.05, 0) is 0 Å². The molecular formula is C17H29N3O9. The molecule has 0 aromatic heterocycles. The van der Waals surface area contributed by atoms with Gasteiger partial charge in [0.05, 0.1) is 12.3 Å². The number of rotatable bonds is 8. The van der Waals surface area contributed by atoms with Gasteiger partial charge in [-0.25, -0.2) is 4.79 Å². The first-order valence-corrected chi connectivity index (χ1v) is 8.31. The van der Waals surface area contributed by atoms with Gasteiger partial charge in [0.25, 0.3) is 0 Å². The molecule has 0 fully saturated rings. The SMILES string of the molecule is CNC(=O)/C=C\C(=O)O.CNC(=O)C(C)CC(=O)O.CNC(=O)CC(C)C(=O)O. The Bertz CT molecular complexity index is 603. The predicted molar refractivity (Wildman–Crippen MR) is 102 cm³/mol. The highest BCUT2D eigenvalue weighted by atomic mass is 16.4. The van der Waals surface area contributed by atoms with Gasteiger partial charge in [-0.15, -0.1) is 0 Å². The first-order valence-electron chi connectivity index (χ1n) is 8.31. The third-order valence-corrected chi connectivity index (χ3v) is 2.99. The van der Waals surface area contributed by atoms with Crippen LogP contribution >= 0.6 is 0 Å². The van der Waals surface area contributed by atoms with E-state index in [1.807, 2.05) is 0 Å². The molecule has 0 heterocycles. The largest absolute Gasteiger partial charge is 0.481 e. The summed E-state index contributed by atoms with van der Waals surface area (Å²) in [5.41, 5.74) is 0. The summed E-state index contributed by atoms with van der Waals surface area (Å²) in [7, 11) is 4.39. The average Bonchev–Trinajstić information content (AvgIpc) is 2.65. The number of hydrogen-bond donors (Lipinski definition) is 6. The molecule has 0 aliphatic heterocycles. The van der Waals surface area contributed by atoms with E-state index in [2.05, 4.69) is 16.0 Å². The zero-order valence-corrected chi connectivity index (χ0v) is 17.0. The zero-order chi connectivity index (χ0) is 23.6. The quantitative estimate of drug-likeness (QED) is 0.269. The first-order chi connectivity index (χ1) is 13.3. The fourth-order valence-corrected chi connectivity index (χ4v) is 1.30. The van der Waals surface area contributed by atoms with E-state index in [9.17, 15) is 28.8 Å². The van der Waals surface area contributed by atoms with Gasteiger partial charge in [0.15, 0.2) is 0 Å². The molecule has 0 saturated carbocycles. The van der Waals surface area contributed by atoms with Crippen LogP contribution in [-0.4, -0.2) is 72.1 Å². The summed E-state index contributed by atoms with van der Waals surface area (Å²) in [5, 5.41) is 31.5. The first kappa shape index (κ1) is 30.3. The van der Waals surface area contributed by atoms with Crippen LogP contribution in [0.25, 0.3) is 0 Å². The maximum atomic E-state index is 10.7. The van der Waals surface area contributed by atoms with Crippen LogP contribution in [0.4, 0.5) is 0 Å². The fraction of sp³-hybridized carbons (Fsp3) is 0.529. The number of amides is 3. The lowest BCUT2D eigenvalue weighted by Crippen LogP contribution is -2.26. The standard InChI is InChI=1S/2C6H11NO3.C5H7NO3/c1-4(3-5(8)9)6(10)7-2;1-4(6(9)10)3-5(8)7-2;1-6-4(7)2-3-5(8)9/h4H,3H2,1-2H3,(H,7,10)(H,8,9);4H,3H2,1-2H3,(H,7,8)(H,9,10);2-3H,1H3,(H,6,7)(H,8,9)/b;;3-2-. The van der Waals surface area contributed by atoms with E-state index in [-0.39, 0.29) is 24.7 Å². The lowest BCUT2D eigenvalue weighted by Gasteiger charge is -2.04. The van der Waals surface area contributed by atoms with Crippen molar-refractivity contribution in [1.29, 1.82) is 0 Å². The Morgan fingerprint density at radius 1 is 0.759 bits per heavy atom. The van der Waals surface area contributed by atoms with Crippen LogP contribution in [0.3, 0.4) is 0 Å². The number of carbonyl (C=O) groups excluding carboxylic acids is 3. The highest BCUT2D eigenvalue weighted by molar-refractivity contribution is 5.93. The Kier molecular flexibility index (Phi) is 18.7. The van der Waals surface area contributed by atoms with Crippen molar-refractivity contribution in [1.82, 2.24) is 16.0 Å². The summed E-state index contributed by atoms with van der Waals surface area (Å²) in [6, 6.07) is 0. The Hall–Kier alpha value is -3.44. The van der Waals surface area contributed by atoms with Crippen LogP contribution < -0.4 is 16.0 Å². The summed E-state index contributed by atoms with van der Waals surface area (Å²) in [5.74, 6) is -4.95. The van der Waals surface area contributed by atoms with Crippen LogP contribution in [0.15, 0.2) is 12.2 Å². The number of likely N-dealkylation sites (N-methyl/N-ethyl adjacent to an activating group) is 1. The van der Waals surface area contributed by atoms with Gasteiger partial charge in [-0.2, -0.15) is 0 Å². The van der Waals surface area contributed by atoms with Crippen LogP contribution in [0.5, 0.6) is 0 Å². The van der Waals surface area contributed by atoms with Crippen LogP contribution in [0, 0.1) is 11.8 Å². The number of carbonyl (C=O) groups is 6. The smallest absolute Gasteiger partial charge is 0.328 e. The molecule has 2 unspecified atom stereocenters. The summed E-state index contributed by atoms with van der Waals surface area (Å²) < 4.78 is 0. The molecular weight excluding hydrogens is 390 g/mol. The highest BCUT2D eigenvalue weighted by Crippen LogP contribution is 2.00. The third-order valence-electron chi connectivity index (χ3n) is 2.99. The minimum Gasteiger partial charge on any atom is -0.481 e. The molecule has 6 N–H and O–H groups in total. The Balaban J connectivity index is -0.000000350. The summed E-state index contributed by atoms with van der Waals surface area (Å²) in [4.78, 5) is 61.5. The van der Waals surface area contributed by atoms with E-state index < -0.39 is 35.7 Å². The van der Waals surface area contributed by atoms with E-state index in [0.29, 0.717) is 0 Å². The number of nitrogens with one attached hydrogen (secondary N) is 3. The van der Waals surface area contributed by atoms with E-state index in [1.165, 1.54) is 28.1 Å². The molecule has 166 valence electrons. The van der Waals surface area contributed by atoms with Crippen molar-refractivity contribution in [3.63, 3.8) is 0 Å². The monoisotopic (exact) mass is 419 g/mol. The van der Waals surface area contributed by atoms with Crippen molar-refractivity contribution in [2.24, 2.45) is 11.8 Å². The molecule has 0 aromatic rings. The molecule has 0 aliphatic rings. The number of aliphatic carboxylic acids is 3. The van der Waals surface area contributed by atoms with Crippen LogP contribution in [0.2, 0.25) is 0 Å². The molecule has 0 spiro atoms. The lowest BCUT2D eigenvalue weighted by molar-refractivity contribution is -0.143. The van der Waals surface area contributed by atoms with Gasteiger partial charge >= 0.3 is 17.9 Å². The van der Waals surface area contributed by atoms with Crippen molar-refractivity contribution >= 4 is 35.6 Å². The second-order valence-corrected chi connectivity index (χ2v) is 5.52. The Morgan fingerprint density at radius 3 is 1.59 bits per heavy atom. The minimum atomic E-state index is -1.13. The minimum absolute atomic E-state index is 0.0475. The van der Waals surface area contributed by atoms with Crippen LogP contribution in [0.1, 0.15) is 26.7 Å². The molecule has 0 rings (SSSR count). The van der Waals surface area contributed by atoms with Gasteiger partial charge in [0.1, 0.15) is 0 Å². The highest BCUT2D eigenvalue weighted by Gasteiger charge is 2.14. The second kappa shape index (κ2) is 17.9. The summed E-state index contributed by atoms with van der Waals surface area (Å²) in [6.45, 7) is 3.07. The topological polar surface area (TPSA) is 199 Å².